The third-order valence-corrected chi connectivity index (χ3v) is 3.28. The Morgan fingerprint density at radius 2 is 2.42 bits per heavy atom. The van der Waals surface area contributed by atoms with Crippen LogP contribution in [0.2, 0.25) is 0 Å². The number of nitrogens with zero attached hydrogens (tertiary/aromatic N) is 2. The molecule has 0 aromatic carbocycles. The van der Waals surface area contributed by atoms with Gasteiger partial charge in [0.1, 0.15) is 12.2 Å². The average molecular weight is 265 g/mol. The molecular formula is C13H19N3O3. The van der Waals surface area contributed by atoms with Crippen molar-refractivity contribution in [3.8, 4) is 0 Å². The summed E-state index contributed by atoms with van der Waals surface area (Å²) in [6.45, 7) is 3.36. The summed E-state index contributed by atoms with van der Waals surface area (Å²) < 4.78 is 4.80. The molecule has 1 saturated heterocycles. The molecule has 1 amide bonds. The number of likely N-dealkylation sites (tertiary alicyclic amines) is 1. The largest absolute Gasteiger partial charge is 0.466 e. The minimum atomic E-state index is -0.451. The molecule has 0 spiro atoms. The summed E-state index contributed by atoms with van der Waals surface area (Å²) in [5, 5.41) is 0. The van der Waals surface area contributed by atoms with Crippen molar-refractivity contribution in [3.05, 3.63) is 18.2 Å². The molecule has 2 heterocycles. The first-order valence-corrected chi connectivity index (χ1v) is 6.63. The van der Waals surface area contributed by atoms with Crippen LogP contribution in [0.25, 0.3) is 0 Å². The number of H-pyrrole nitrogens is 1. The molecule has 0 bridgehead atoms. The summed E-state index contributed by atoms with van der Waals surface area (Å²) in [5.41, 5.74) is 0. The lowest BCUT2D eigenvalue weighted by molar-refractivity contribution is -0.149. The van der Waals surface area contributed by atoms with Gasteiger partial charge < -0.3 is 14.6 Å². The Kier molecular flexibility index (Phi) is 4.54. The summed E-state index contributed by atoms with van der Waals surface area (Å²) in [6.07, 6.45) is 5.28. The summed E-state index contributed by atoms with van der Waals surface area (Å²) in [6, 6.07) is 0. The molecule has 19 heavy (non-hydrogen) atoms. The third-order valence-electron chi connectivity index (χ3n) is 3.28. The van der Waals surface area contributed by atoms with E-state index in [9.17, 15) is 9.59 Å². The van der Waals surface area contributed by atoms with E-state index >= 15 is 0 Å². The molecular weight excluding hydrogens is 246 g/mol. The highest BCUT2D eigenvalue weighted by Crippen LogP contribution is 2.24. The normalized spacial score (nSPS) is 19.2. The van der Waals surface area contributed by atoms with E-state index in [4.69, 9.17) is 4.74 Å². The molecule has 1 aromatic rings. The van der Waals surface area contributed by atoms with Gasteiger partial charge in [-0.1, -0.05) is 0 Å². The van der Waals surface area contributed by atoms with E-state index in [-0.39, 0.29) is 18.2 Å². The standard InChI is InChI=1S/C13H19N3O3/c1-2-19-12(18)8-11(17)16-7-3-4-10(9-16)13-14-5-6-15-13/h5-6,10H,2-4,7-9H2,1H3,(H,14,15). The van der Waals surface area contributed by atoms with Gasteiger partial charge in [-0.3, -0.25) is 9.59 Å². The first-order chi connectivity index (χ1) is 9.20. The lowest BCUT2D eigenvalue weighted by Crippen LogP contribution is -2.40. The van der Waals surface area contributed by atoms with Crippen LogP contribution in [-0.2, 0) is 14.3 Å². The second-order valence-corrected chi connectivity index (χ2v) is 4.64. The second kappa shape index (κ2) is 6.36. The van der Waals surface area contributed by atoms with Gasteiger partial charge in [0.15, 0.2) is 0 Å². The maximum Gasteiger partial charge on any atom is 0.315 e. The van der Waals surface area contributed by atoms with E-state index in [1.165, 1.54) is 0 Å². The summed E-state index contributed by atoms with van der Waals surface area (Å²) in [4.78, 5) is 32.4. The highest BCUT2D eigenvalue weighted by Gasteiger charge is 2.27. The van der Waals surface area contributed by atoms with E-state index < -0.39 is 5.97 Å². The maximum atomic E-state index is 12.0. The van der Waals surface area contributed by atoms with Crippen molar-refractivity contribution in [2.24, 2.45) is 0 Å². The Morgan fingerprint density at radius 1 is 1.58 bits per heavy atom. The van der Waals surface area contributed by atoms with Gasteiger partial charge >= 0.3 is 5.97 Å². The Balaban J connectivity index is 1.90. The van der Waals surface area contributed by atoms with Gasteiger partial charge in [-0.2, -0.15) is 0 Å². The topological polar surface area (TPSA) is 75.3 Å². The van der Waals surface area contributed by atoms with Crippen molar-refractivity contribution in [2.75, 3.05) is 19.7 Å². The van der Waals surface area contributed by atoms with Crippen molar-refractivity contribution < 1.29 is 14.3 Å². The van der Waals surface area contributed by atoms with Crippen molar-refractivity contribution in [1.82, 2.24) is 14.9 Å². The molecule has 0 saturated carbocycles. The Bertz CT molecular complexity index is 430. The lowest BCUT2D eigenvalue weighted by Gasteiger charge is -2.31. The highest BCUT2D eigenvalue weighted by molar-refractivity contribution is 5.94. The SMILES string of the molecule is CCOC(=O)CC(=O)N1CCCC(c2ncc[nH]2)C1. The van der Waals surface area contributed by atoms with Gasteiger partial charge in [0.05, 0.1) is 6.61 Å². The molecule has 1 fully saturated rings. The van der Waals surface area contributed by atoms with Gasteiger partial charge in [0.25, 0.3) is 0 Å². The number of hydrogen-bond acceptors (Lipinski definition) is 4. The summed E-state index contributed by atoms with van der Waals surface area (Å²) >= 11 is 0. The zero-order chi connectivity index (χ0) is 13.7. The molecule has 104 valence electrons. The Morgan fingerprint density at radius 3 is 3.11 bits per heavy atom. The number of carbonyl (C=O) groups is 2. The van der Waals surface area contributed by atoms with E-state index in [1.54, 1.807) is 24.2 Å². The Hall–Kier alpha value is -1.85. The van der Waals surface area contributed by atoms with Crippen LogP contribution in [0.4, 0.5) is 0 Å². The van der Waals surface area contributed by atoms with Crippen LogP contribution in [0.1, 0.15) is 37.9 Å². The number of piperidine rings is 1. The number of hydrogen-bond donors (Lipinski definition) is 1. The Labute approximate surface area is 112 Å². The van der Waals surface area contributed by atoms with E-state index in [2.05, 4.69) is 9.97 Å². The molecule has 1 unspecified atom stereocenters. The summed E-state index contributed by atoms with van der Waals surface area (Å²) in [7, 11) is 0. The predicted molar refractivity (Wildman–Crippen MR) is 68.4 cm³/mol. The molecule has 1 N–H and O–H groups in total. The zero-order valence-corrected chi connectivity index (χ0v) is 11.1. The quantitative estimate of drug-likeness (QED) is 0.652. The number of esters is 1. The van der Waals surface area contributed by atoms with Crippen LogP contribution in [0.15, 0.2) is 12.4 Å². The minimum absolute atomic E-state index is 0.158. The molecule has 6 nitrogen and oxygen atoms in total. The van der Waals surface area contributed by atoms with Gasteiger partial charge in [0, 0.05) is 31.4 Å². The van der Waals surface area contributed by atoms with Gasteiger partial charge in [0.2, 0.25) is 5.91 Å². The van der Waals surface area contributed by atoms with Crippen molar-refractivity contribution in [1.29, 1.82) is 0 Å². The number of aromatic amines is 1. The number of rotatable bonds is 4. The van der Waals surface area contributed by atoms with Crippen LogP contribution in [0.5, 0.6) is 0 Å². The fourth-order valence-corrected chi connectivity index (χ4v) is 2.37. The fourth-order valence-electron chi connectivity index (χ4n) is 2.37. The molecule has 0 radical (unpaired) electrons. The van der Waals surface area contributed by atoms with E-state index in [1.807, 2.05) is 0 Å². The average Bonchev–Trinajstić information content (AvgIpc) is 2.93. The van der Waals surface area contributed by atoms with Crippen LogP contribution in [-0.4, -0.2) is 46.4 Å². The van der Waals surface area contributed by atoms with Crippen molar-refractivity contribution in [2.45, 2.75) is 32.1 Å². The molecule has 1 atom stereocenters. The number of ether oxygens (including phenoxy) is 1. The summed E-state index contributed by atoms with van der Waals surface area (Å²) in [5.74, 6) is 0.533. The fraction of sp³-hybridized carbons (Fsp3) is 0.615. The highest BCUT2D eigenvalue weighted by atomic mass is 16.5. The van der Waals surface area contributed by atoms with Crippen molar-refractivity contribution >= 4 is 11.9 Å². The molecule has 6 heteroatoms. The van der Waals surface area contributed by atoms with Crippen LogP contribution in [0, 0.1) is 0 Å². The van der Waals surface area contributed by atoms with Gasteiger partial charge in [-0.25, -0.2) is 4.98 Å². The minimum Gasteiger partial charge on any atom is -0.466 e. The molecule has 2 rings (SSSR count). The van der Waals surface area contributed by atoms with E-state index in [0.29, 0.717) is 19.7 Å². The monoisotopic (exact) mass is 265 g/mol. The van der Waals surface area contributed by atoms with Gasteiger partial charge in [-0.15, -0.1) is 0 Å². The molecule has 0 aliphatic carbocycles. The van der Waals surface area contributed by atoms with E-state index in [0.717, 1.165) is 18.7 Å². The zero-order valence-electron chi connectivity index (χ0n) is 11.1. The second-order valence-electron chi connectivity index (χ2n) is 4.64. The predicted octanol–water partition coefficient (Wildman–Crippen LogP) is 1.07. The maximum absolute atomic E-state index is 12.0. The molecule has 1 aliphatic rings. The number of nitrogens with one attached hydrogen (secondary N) is 1. The number of amides is 1. The molecule has 1 aliphatic heterocycles. The van der Waals surface area contributed by atoms with Crippen LogP contribution >= 0.6 is 0 Å². The van der Waals surface area contributed by atoms with Crippen LogP contribution in [0.3, 0.4) is 0 Å². The number of carbonyl (C=O) groups excluding carboxylic acids is 2. The van der Waals surface area contributed by atoms with Crippen LogP contribution < -0.4 is 0 Å². The molecule has 1 aromatic heterocycles. The van der Waals surface area contributed by atoms with Gasteiger partial charge in [-0.05, 0) is 19.8 Å². The number of imidazole rings is 1. The smallest absolute Gasteiger partial charge is 0.315 e. The third kappa shape index (κ3) is 3.56. The number of aromatic nitrogens is 2. The van der Waals surface area contributed by atoms with Crippen molar-refractivity contribution in [3.63, 3.8) is 0 Å². The first kappa shape index (κ1) is 13.6. The first-order valence-electron chi connectivity index (χ1n) is 6.63. The lowest BCUT2D eigenvalue weighted by atomic mass is 9.97.